The van der Waals surface area contributed by atoms with Crippen LogP contribution in [-0.4, -0.2) is 11.6 Å². The van der Waals surface area contributed by atoms with Crippen LogP contribution in [0.1, 0.15) is 24.1 Å². The molecule has 1 aliphatic rings. The number of hydrogen-bond donors (Lipinski definition) is 1. The van der Waals surface area contributed by atoms with Crippen molar-refractivity contribution in [3.63, 3.8) is 0 Å². The van der Waals surface area contributed by atoms with Crippen LogP contribution in [0.15, 0.2) is 18.3 Å². The van der Waals surface area contributed by atoms with Gasteiger partial charge in [-0.25, -0.2) is 5.90 Å². The molecule has 2 rings (SSSR count). The summed E-state index contributed by atoms with van der Waals surface area (Å²) < 4.78 is 36.9. The first kappa shape index (κ1) is 11.3. The molecule has 6 heteroatoms. The third-order valence-electron chi connectivity index (χ3n) is 2.85. The quantitative estimate of drug-likeness (QED) is 0.811. The van der Waals surface area contributed by atoms with Gasteiger partial charge in [-0.15, -0.1) is 0 Å². The van der Waals surface area contributed by atoms with Gasteiger partial charge in [0.05, 0.1) is 12.2 Å². The molecule has 1 aromatic heterocycles. The van der Waals surface area contributed by atoms with Crippen molar-refractivity contribution in [2.75, 3.05) is 6.61 Å². The van der Waals surface area contributed by atoms with Crippen molar-refractivity contribution in [1.29, 1.82) is 0 Å². The van der Waals surface area contributed by atoms with Crippen LogP contribution < -0.4 is 5.90 Å². The molecule has 1 aromatic rings. The maximum Gasteiger partial charge on any atom is 0.417 e. The molecule has 0 spiro atoms. The molecule has 16 heavy (non-hydrogen) atoms. The van der Waals surface area contributed by atoms with E-state index in [1.54, 1.807) is 0 Å². The van der Waals surface area contributed by atoms with Gasteiger partial charge in [-0.1, -0.05) is 0 Å². The van der Waals surface area contributed by atoms with Crippen LogP contribution in [0, 0.1) is 0 Å². The molecule has 0 radical (unpaired) electrons. The van der Waals surface area contributed by atoms with Crippen LogP contribution >= 0.6 is 0 Å². The van der Waals surface area contributed by atoms with Crippen molar-refractivity contribution < 1.29 is 18.0 Å². The highest BCUT2D eigenvalue weighted by molar-refractivity contribution is 5.27. The Balaban J connectivity index is 2.20. The van der Waals surface area contributed by atoms with Gasteiger partial charge in [0, 0.05) is 17.3 Å². The number of nitrogens with two attached hydrogens (primary N) is 1. The van der Waals surface area contributed by atoms with E-state index in [-0.39, 0.29) is 5.41 Å². The van der Waals surface area contributed by atoms with Gasteiger partial charge in [0.2, 0.25) is 0 Å². The van der Waals surface area contributed by atoms with Gasteiger partial charge in [-0.3, -0.25) is 4.98 Å². The molecule has 0 bridgehead atoms. The lowest BCUT2D eigenvalue weighted by atomic mass is 10.0. The van der Waals surface area contributed by atoms with E-state index in [4.69, 9.17) is 5.90 Å². The van der Waals surface area contributed by atoms with Crippen molar-refractivity contribution in [2.24, 2.45) is 5.90 Å². The number of rotatable bonds is 3. The largest absolute Gasteiger partial charge is 0.417 e. The van der Waals surface area contributed by atoms with E-state index in [2.05, 4.69) is 9.82 Å². The summed E-state index contributed by atoms with van der Waals surface area (Å²) in [6, 6.07) is 2.44. The zero-order valence-corrected chi connectivity index (χ0v) is 8.42. The molecular formula is C10H11F3N2O. The molecule has 1 heterocycles. The highest BCUT2D eigenvalue weighted by Gasteiger charge is 2.46. The van der Waals surface area contributed by atoms with E-state index in [0.29, 0.717) is 12.3 Å². The van der Waals surface area contributed by atoms with Gasteiger partial charge in [0.25, 0.3) is 0 Å². The van der Waals surface area contributed by atoms with Crippen molar-refractivity contribution in [1.82, 2.24) is 4.98 Å². The zero-order valence-electron chi connectivity index (χ0n) is 8.42. The lowest BCUT2D eigenvalue weighted by Crippen LogP contribution is -2.19. The number of hydrogen-bond acceptors (Lipinski definition) is 3. The van der Waals surface area contributed by atoms with Gasteiger partial charge in [0.1, 0.15) is 0 Å². The average molecular weight is 232 g/mol. The second-order valence-corrected chi connectivity index (χ2v) is 4.02. The van der Waals surface area contributed by atoms with Crippen LogP contribution in [0.3, 0.4) is 0 Å². The molecule has 88 valence electrons. The second kappa shape index (κ2) is 3.71. The van der Waals surface area contributed by atoms with Crippen molar-refractivity contribution in [3.8, 4) is 0 Å². The van der Waals surface area contributed by atoms with Crippen LogP contribution in [0.4, 0.5) is 13.2 Å². The summed E-state index contributed by atoms with van der Waals surface area (Å²) in [6.07, 6.45) is -1.79. The van der Waals surface area contributed by atoms with Crippen LogP contribution in [0.5, 0.6) is 0 Å². The molecule has 1 aliphatic carbocycles. The Kier molecular flexibility index (Phi) is 2.63. The first-order chi connectivity index (χ1) is 7.48. The lowest BCUT2D eigenvalue weighted by Gasteiger charge is -2.13. The number of aromatic nitrogens is 1. The Morgan fingerprint density at radius 1 is 1.38 bits per heavy atom. The number of pyridine rings is 1. The van der Waals surface area contributed by atoms with E-state index in [1.165, 1.54) is 6.07 Å². The molecule has 0 saturated heterocycles. The first-order valence-electron chi connectivity index (χ1n) is 4.83. The fourth-order valence-corrected chi connectivity index (χ4v) is 1.66. The van der Waals surface area contributed by atoms with Gasteiger partial charge in [0.15, 0.2) is 0 Å². The fraction of sp³-hybridized carbons (Fsp3) is 0.500. The molecule has 0 aromatic carbocycles. The Morgan fingerprint density at radius 2 is 2.06 bits per heavy atom. The maximum atomic E-state index is 12.3. The highest BCUT2D eigenvalue weighted by atomic mass is 19.4. The smallest absolute Gasteiger partial charge is 0.304 e. The number of nitrogens with zero attached hydrogens (tertiary/aromatic N) is 1. The zero-order chi connectivity index (χ0) is 11.8. The molecule has 2 N–H and O–H groups in total. The summed E-state index contributed by atoms with van der Waals surface area (Å²) in [5.74, 6) is 4.98. The Labute approximate surface area is 90.4 Å². The van der Waals surface area contributed by atoms with E-state index in [1.807, 2.05) is 0 Å². The summed E-state index contributed by atoms with van der Waals surface area (Å²) >= 11 is 0. The maximum absolute atomic E-state index is 12.3. The predicted octanol–water partition coefficient (Wildman–Crippen LogP) is 2.02. The molecular weight excluding hydrogens is 221 g/mol. The van der Waals surface area contributed by atoms with Gasteiger partial charge in [-0.2, -0.15) is 13.2 Å². The summed E-state index contributed by atoms with van der Waals surface area (Å²) in [5, 5.41) is 0. The Bertz CT molecular complexity index is 371. The van der Waals surface area contributed by atoms with Gasteiger partial charge >= 0.3 is 6.18 Å². The summed E-state index contributed by atoms with van der Waals surface area (Å²) in [6.45, 7) is 0.297. The topological polar surface area (TPSA) is 48.1 Å². The Hall–Kier alpha value is -1.14. The summed E-state index contributed by atoms with van der Waals surface area (Å²) in [7, 11) is 0. The van der Waals surface area contributed by atoms with Gasteiger partial charge in [-0.05, 0) is 25.0 Å². The van der Waals surface area contributed by atoms with E-state index < -0.39 is 11.7 Å². The minimum atomic E-state index is -4.34. The van der Waals surface area contributed by atoms with Crippen LogP contribution in [0.25, 0.3) is 0 Å². The normalized spacial score (nSPS) is 18.5. The van der Waals surface area contributed by atoms with E-state index in [9.17, 15) is 13.2 Å². The predicted molar refractivity (Wildman–Crippen MR) is 50.3 cm³/mol. The molecule has 0 unspecified atom stereocenters. The Morgan fingerprint density at radius 3 is 2.44 bits per heavy atom. The average Bonchev–Trinajstić information content (AvgIpc) is 2.99. The fourth-order valence-electron chi connectivity index (χ4n) is 1.66. The van der Waals surface area contributed by atoms with E-state index >= 15 is 0 Å². The third kappa shape index (κ3) is 2.03. The number of alkyl halides is 3. The van der Waals surface area contributed by atoms with Crippen molar-refractivity contribution in [3.05, 3.63) is 29.6 Å². The van der Waals surface area contributed by atoms with E-state index in [0.717, 1.165) is 25.1 Å². The second-order valence-electron chi connectivity index (χ2n) is 4.02. The standard InChI is InChI=1S/C10H11F3N2O/c11-10(12,13)7-1-2-8(15-5-7)9(3-4-9)6-16-14/h1-2,5H,3-4,6,14H2. The molecule has 3 nitrogen and oxygen atoms in total. The highest BCUT2D eigenvalue weighted by Crippen LogP contribution is 2.47. The third-order valence-corrected chi connectivity index (χ3v) is 2.85. The van der Waals surface area contributed by atoms with Crippen molar-refractivity contribution >= 4 is 0 Å². The van der Waals surface area contributed by atoms with Crippen molar-refractivity contribution in [2.45, 2.75) is 24.4 Å². The minimum Gasteiger partial charge on any atom is -0.304 e. The molecule has 1 saturated carbocycles. The monoisotopic (exact) mass is 232 g/mol. The van der Waals surface area contributed by atoms with Crippen LogP contribution in [0.2, 0.25) is 0 Å². The molecule has 0 aliphatic heterocycles. The first-order valence-corrected chi connectivity index (χ1v) is 4.83. The summed E-state index contributed by atoms with van der Waals surface area (Å²) in [5.41, 5.74) is -0.384. The lowest BCUT2D eigenvalue weighted by molar-refractivity contribution is -0.137. The molecule has 1 fully saturated rings. The van der Waals surface area contributed by atoms with Gasteiger partial charge < -0.3 is 4.84 Å². The van der Waals surface area contributed by atoms with Crippen LogP contribution in [-0.2, 0) is 16.4 Å². The minimum absolute atomic E-state index is 0.265. The SMILES string of the molecule is NOCC1(c2ccc(C(F)(F)F)cn2)CC1. The molecule has 0 atom stereocenters. The number of halogens is 3. The molecule has 0 amide bonds. The summed E-state index contributed by atoms with van der Waals surface area (Å²) in [4.78, 5) is 8.40.